The van der Waals surface area contributed by atoms with Gasteiger partial charge in [-0.25, -0.2) is 0 Å². The predicted molar refractivity (Wildman–Crippen MR) is 56.5 cm³/mol. The van der Waals surface area contributed by atoms with Crippen molar-refractivity contribution in [1.82, 2.24) is 9.78 Å². The molecule has 4 nitrogen and oxygen atoms in total. The molecule has 0 spiro atoms. The highest BCUT2D eigenvalue weighted by molar-refractivity contribution is 5.04. The van der Waals surface area contributed by atoms with E-state index in [1.165, 1.54) is 5.56 Å². The number of hydrogen-bond donors (Lipinski definition) is 1. The van der Waals surface area contributed by atoms with E-state index in [1.807, 2.05) is 19.4 Å². The van der Waals surface area contributed by atoms with Crippen LogP contribution in [-0.2, 0) is 18.2 Å². The second-order valence-electron chi connectivity index (χ2n) is 4.36. The third-order valence-electron chi connectivity index (χ3n) is 3.06. The van der Waals surface area contributed by atoms with Crippen LogP contribution in [0.1, 0.15) is 24.8 Å². The van der Waals surface area contributed by atoms with Crippen LogP contribution in [0.25, 0.3) is 0 Å². The van der Waals surface area contributed by atoms with Gasteiger partial charge in [-0.2, -0.15) is 5.10 Å². The van der Waals surface area contributed by atoms with E-state index in [-0.39, 0.29) is 0 Å². The van der Waals surface area contributed by atoms with Crippen molar-refractivity contribution < 1.29 is 9.84 Å². The maximum absolute atomic E-state index is 10.2. The Morgan fingerprint density at radius 1 is 1.53 bits per heavy atom. The van der Waals surface area contributed by atoms with Gasteiger partial charge in [0.15, 0.2) is 0 Å². The normalized spacial score (nSPS) is 20.4. The smallest absolute Gasteiger partial charge is 0.0694 e. The van der Waals surface area contributed by atoms with Crippen LogP contribution in [0.15, 0.2) is 12.4 Å². The first-order chi connectivity index (χ1) is 7.18. The maximum atomic E-state index is 10.2. The quantitative estimate of drug-likeness (QED) is 0.806. The van der Waals surface area contributed by atoms with Crippen LogP contribution in [0, 0.1) is 0 Å². The van der Waals surface area contributed by atoms with Crippen molar-refractivity contribution in [2.45, 2.75) is 31.3 Å². The minimum absolute atomic E-state index is 0.520. The summed E-state index contributed by atoms with van der Waals surface area (Å²) in [6.07, 6.45) is 7.08. The zero-order chi connectivity index (χ0) is 10.7. The average molecular weight is 210 g/mol. The fourth-order valence-corrected chi connectivity index (χ4v) is 1.98. The SMILES string of the molecule is Cn1cc(CCC2(O)CCOCC2)cn1. The third-order valence-corrected chi connectivity index (χ3v) is 3.06. The number of hydrogen-bond acceptors (Lipinski definition) is 3. The van der Waals surface area contributed by atoms with E-state index in [1.54, 1.807) is 4.68 Å². The van der Waals surface area contributed by atoms with Crippen molar-refractivity contribution in [1.29, 1.82) is 0 Å². The van der Waals surface area contributed by atoms with E-state index in [0.29, 0.717) is 13.2 Å². The number of aromatic nitrogens is 2. The molecular formula is C11H18N2O2. The molecule has 0 radical (unpaired) electrons. The Balaban J connectivity index is 1.86. The fourth-order valence-electron chi connectivity index (χ4n) is 1.98. The minimum Gasteiger partial charge on any atom is -0.390 e. The largest absolute Gasteiger partial charge is 0.390 e. The van der Waals surface area contributed by atoms with Gasteiger partial charge < -0.3 is 9.84 Å². The molecule has 0 unspecified atom stereocenters. The van der Waals surface area contributed by atoms with Gasteiger partial charge in [0.25, 0.3) is 0 Å². The topological polar surface area (TPSA) is 47.3 Å². The summed E-state index contributed by atoms with van der Waals surface area (Å²) in [5.74, 6) is 0. The minimum atomic E-state index is -0.520. The summed E-state index contributed by atoms with van der Waals surface area (Å²) in [5.41, 5.74) is 0.672. The monoisotopic (exact) mass is 210 g/mol. The van der Waals surface area contributed by atoms with E-state index in [9.17, 15) is 5.11 Å². The molecule has 1 fully saturated rings. The summed E-state index contributed by atoms with van der Waals surface area (Å²) >= 11 is 0. The van der Waals surface area contributed by atoms with Gasteiger partial charge in [-0.3, -0.25) is 4.68 Å². The lowest BCUT2D eigenvalue weighted by atomic mass is 9.88. The molecule has 2 rings (SSSR count). The molecule has 15 heavy (non-hydrogen) atoms. The number of rotatable bonds is 3. The Morgan fingerprint density at radius 2 is 2.27 bits per heavy atom. The van der Waals surface area contributed by atoms with Crippen molar-refractivity contribution in [3.63, 3.8) is 0 Å². The molecule has 0 bridgehead atoms. The van der Waals surface area contributed by atoms with Crippen LogP contribution in [0.5, 0.6) is 0 Å². The van der Waals surface area contributed by atoms with E-state index in [4.69, 9.17) is 4.74 Å². The van der Waals surface area contributed by atoms with Crippen molar-refractivity contribution in [3.8, 4) is 0 Å². The average Bonchev–Trinajstić information content (AvgIpc) is 2.63. The predicted octanol–water partition coefficient (Wildman–Crippen LogP) is 0.894. The van der Waals surface area contributed by atoms with Gasteiger partial charge in [0.2, 0.25) is 0 Å². The Morgan fingerprint density at radius 3 is 2.87 bits per heavy atom. The second kappa shape index (κ2) is 4.33. The number of aryl methyl sites for hydroxylation is 2. The fraction of sp³-hybridized carbons (Fsp3) is 0.727. The Labute approximate surface area is 89.9 Å². The van der Waals surface area contributed by atoms with Crippen molar-refractivity contribution in [2.75, 3.05) is 13.2 Å². The molecule has 1 N–H and O–H groups in total. The zero-order valence-corrected chi connectivity index (χ0v) is 9.15. The van der Waals surface area contributed by atoms with Crippen LogP contribution in [-0.4, -0.2) is 33.7 Å². The zero-order valence-electron chi connectivity index (χ0n) is 9.15. The molecule has 1 saturated heterocycles. The number of ether oxygens (including phenoxy) is 1. The van der Waals surface area contributed by atoms with Crippen LogP contribution in [0.4, 0.5) is 0 Å². The van der Waals surface area contributed by atoms with Crippen LogP contribution in [0.3, 0.4) is 0 Å². The van der Waals surface area contributed by atoms with Crippen molar-refractivity contribution in [2.24, 2.45) is 7.05 Å². The van der Waals surface area contributed by atoms with Gasteiger partial charge in [-0.15, -0.1) is 0 Å². The summed E-state index contributed by atoms with van der Waals surface area (Å²) in [5, 5.41) is 14.3. The first kappa shape index (κ1) is 10.6. The van der Waals surface area contributed by atoms with E-state index < -0.39 is 5.60 Å². The first-order valence-electron chi connectivity index (χ1n) is 5.46. The van der Waals surface area contributed by atoms with Gasteiger partial charge in [0, 0.05) is 26.5 Å². The lowest BCUT2D eigenvalue weighted by Gasteiger charge is -2.31. The first-order valence-corrected chi connectivity index (χ1v) is 5.46. The van der Waals surface area contributed by atoms with Crippen molar-refractivity contribution in [3.05, 3.63) is 18.0 Å². The standard InChI is InChI=1S/C11H18N2O2/c1-13-9-10(8-12-13)2-3-11(14)4-6-15-7-5-11/h8-9,14H,2-7H2,1H3. The molecule has 1 aromatic heterocycles. The van der Waals surface area contributed by atoms with Crippen LogP contribution in [0.2, 0.25) is 0 Å². The molecule has 0 atom stereocenters. The molecule has 0 aliphatic carbocycles. The second-order valence-corrected chi connectivity index (χ2v) is 4.36. The Hall–Kier alpha value is -0.870. The van der Waals surface area contributed by atoms with Gasteiger partial charge in [0.05, 0.1) is 11.8 Å². The van der Waals surface area contributed by atoms with Gasteiger partial charge in [0.1, 0.15) is 0 Å². The highest BCUT2D eigenvalue weighted by Crippen LogP contribution is 2.25. The number of nitrogens with zero attached hydrogens (tertiary/aromatic N) is 2. The molecule has 1 aliphatic rings. The summed E-state index contributed by atoms with van der Waals surface area (Å²) < 4.78 is 7.04. The lowest BCUT2D eigenvalue weighted by Crippen LogP contribution is -2.36. The molecule has 0 aromatic carbocycles. The highest BCUT2D eigenvalue weighted by atomic mass is 16.5. The molecule has 2 heterocycles. The molecule has 1 aliphatic heterocycles. The molecule has 4 heteroatoms. The molecule has 0 saturated carbocycles. The Bertz CT molecular complexity index is 316. The van der Waals surface area contributed by atoms with Crippen LogP contribution >= 0.6 is 0 Å². The van der Waals surface area contributed by atoms with E-state index in [2.05, 4.69) is 5.10 Å². The van der Waals surface area contributed by atoms with Crippen molar-refractivity contribution >= 4 is 0 Å². The van der Waals surface area contributed by atoms with Gasteiger partial charge >= 0.3 is 0 Å². The molecule has 1 aromatic rings. The Kier molecular flexibility index (Phi) is 3.07. The third kappa shape index (κ3) is 2.79. The van der Waals surface area contributed by atoms with Crippen LogP contribution < -0.4 is 0 Å². The summed E-state index contributed by atoms with van der Waals surface area (Å²) in [4.78, 5) is 0. The summed E-state index contributed by atoms with van der Waals surface area (Å²) in [6, 6.07) is 0. The van der Waals surface area contributed by atoms with E-state index in [0.717, 1.165) is 25.7 Å². The molecular weight excluding hydrogens is 192 g/mol. The number of aliphatic hydroxyl groups is 1. The molecule has 84 valence electrons. The lowest BCUT2D eigenvalue weighted by molar-refractivity contribution is -0.0676. The van der Waals surface area contributed by atoms with Gasteiger partial charge in [-0.05, 0) is 31.2 Å². The van der Waals surface area contributed by atoms with Gasteiger partial charge in [-0.1, -0.05) is 0 Å². The summed E-state index contributed by atoms with van der Waals surface area (Å²) in [6.45, 7) is 1.37. The maximum Gasteiger partial charge on any atom is 0.0694 e. The molecule has 0 amide bonds. The van der Waals surface area contributed by atoms with E-state index >= 15 is 0 Å². The summed E-state index contributed by atoms with van der Waals surface area (Å²) in [7, 11) is 1.91. The highest BCUT2D eigenvalue weighted by Gasteiger charge is 2.29.